The Labute approximate surface area is 129 Å². The Morgan fingerprint density at radius 2 is 1.95 bits per heavy atom. The summed E-state index contributed by atoms with van der Waals surface area (Å²) in [6.45, 7) is 13.2. The summed E-state index contributed by atoms with van der Waals surface area (Å²) in [4.78, 5) is 12.4. The smallest absolute Gasteiger partial charge is 0.138 e. The summed E-state index contributed by atoms with van der Waals surface area (Å²) in [5.74, 6) is 1.69. The third kappa shape index (κ3) is 2.07. The molecule has 0 aromatic carbocycles. The molecule has 0 unspecified atom stereocenters. The number of hydrogen-bond donors (Lipinski definition) is 0. The van der Waals surface area contributed by atoms with Crippen LogP contribution in [0.1, 0.15) is 66.2 Å². The van der Waals surface area contributed by atoms with Crippen molar-refractivity contribution in [1.29, 1.82) is 0 Å². The molecule has 0 radical (unpaired) electrons. The molecule has 3 rings (SSSR count). The first-order valence-electron chi connectivity index (χ1n) is 8.59. The number of fused-ring (bicyclic) bond motifs is 3. The highest BCUT2D eigenvalue weighted by atomic mass is 16.1. The van der Waals surface area contributed by atoms with Crippen LogP contribution in [0.2, 0.25) is 0 Å². The largest absolute Gasteiger partial charge is 0.299 e. The van der Waals surface area contributed by atoms with Gasteiger partial charge >= 0.3 is 0 Å². The van der Waals surface area contributed by atoms with Crippen LogP contribution >= 0.6 is 0 Å². The molecule has 1 heteroatoms. The number of ketones is 1. The molecule has 2 fully saturated rings. The fraction of sp³-hybridized carbons (Fsp3) is 0.750. The van der Waals surface area contributed by atoms with Gasteiger partial charge in [-0.3, -0.25) is 4.79 Å². The lowest BCUT2D eigenvalue weighted by atomic mass is 9.45. The van der Waals surface area contributed by atoms with Crippen LogP contribution in [-0.2, 0) is 4.79 Å². The minimum atomic E-state index is -0.145. The van der Waals surface area contributed by atoms with Crippen LogP contribution in [0.4, 0.5) is 0 Å². The van der Waals surface area contributed by atoms with Crippen molar-refractivity contribution in [2.75, 3.05) is 0 Å². The molecule has 21 heavy (non-hydrogen) atoms. The zero-order valence-electron chi connectivity index (χ0n) is 14.2. The van der Waals surface area contributed by atoms with E-state index in [1.165, 1.54) is 19.3 Å². The fourth-order valence-corrected chi connectivity index (χ4v) is 5.63. The molecule has 0 bridgehead atoms. The number of rotatable bonds is 1. The average Bonchev–Trinajstić information content (AvgIpc) is 2.43. The second kappa shape index (κ2) is 4.57. The number of hydrogen-bond acceptors (Lipinski definition) is 1. The zero-order chi connectivity index (χ0) is 15.5. The minimum Gasteiger partial charge on any atom is -0.299 e. The van der Waals surface area contributed by atoms with E-state index in [0.29, 0.717) is 23.0 Å². The van der Waals surface area contributed by atoms with Crippen LogP contribution in [0.25, 0.3) is 0 Å². The number of carbonyl (C=O) groups excluding carboxylic acids is 1. The standard InChI is InChI=1S/C20H30O/c1-6-19(4)11-9-15-14(13-19)7-8-16-18(2,3)17(21)10-12-20(15,16)5/h6-7,15-16H,1,8-13H2,2-5H3/t15-,16-,19+,20+/m0/s1. The first-order chi connectivity index (χ1) is 9.73. The third-order valence-corrected chi connectivity index (χ3v) is 7.24. The molecule has 0 heterocycles. The fourth-order valence-electron chi connectivity index (χ4n) is 5.63. The van der Waals surface area contributed by atoms with Crippen molar-refractivity contribution in [3.63, 3.8) is 0 Å². The molecule has 1 nitrogen and oxygen atoms in total. The van der Waals surface area contributed by atoms with Crippen LogP contribution in [0.15, 0.2) is 24.3 Å². The van der Waals surface area contributed by atoms with Gasteiger partial charge in [0, 0.05) is 11.8 Å². The van der Waals surface area contributed by atoms with E-state index >= 15 is 0 Å². The highest BCUT2D eigenvalue weighted by Crippen LogP contribution is 2.62. The Morgan fingerprint density at radius 1 is 1.24 bits per heavy atom. The second-order valence-corrected chi connectivity index (χ2v) is 8.84. The van der Waals surface area contributed by atoms with Crippen molar-refractivity contribution in [1.82, 2.24) is 0 Å². The van der Waals surface area contributed by atoms with Crippen molar-refractivity contribution < 1.29 is 4.79 Å². The predicted octanol–water partition coefficient (Wildman–Crippen LogP) is 5.32. The van der Waals surface area contributed by atoms with Crippen molar-refractivity contribution in [2.24, 2.45) is 28.1 Å². The van der Waals surface area contributed by atoms with Gasteiger partial charge in [0.25, 0.3) is 0 Å². The van der Waals surface area contributed by atoms with Crippen molar-refractivity contribution in [3.8, 4) is 0 Å². The van der Waals surface area contributed by atoms with Gasteiger partial charge in [0.15, 0.2) is 0 Å². The highest BCUT2D eigenvalue weighted by molar-refractivity contribution is 5.85. The van der Waals surface area contributed by atoms with Crippen LogP contribution in [0.5, 0.6) is 0 Å². The third-order valence-electron chi connectivity index (χ3n) is 7.24. The second-order valence-electron chi connectivity index (χ2n) is 8.84. The molecule has 0 aromatic rings. The summed E-state index contributed by atoms with van der Waals surface area (Å²) in [5, 5.41) is 0. The maximum atomic E-state index is 12.4. The molecule has 116 valence electrons. The Balaban J connectivity index is 1.97. The van der Waals surface area contributed by atoms with E-state index in [9.17, 15) is 4.79 Å². The van der Waals surface area contributed by atoms with E-state index in [2.05, 4.69) is 46.4 Å². The highest BCUT2D eigenvalue weighted by Gasteiger charge is 2.56. The van der Waals surface area contributed by atoms with Crippen molar-refractivity contribution >= 4 is 5.78 Å². The van der Waals surface area contributed by atoms with Gasteiger partial charge in [-0.25, -0.2) is 0 Å². The average molecular weight is 286 g/mol. The van der Waals surface area contributed by atoms with Gasteiger partial charge in [-0.2, -0.15) is 0 Å². The van der Waals surface area contributed by atoms with Gasteiger partial charge in [0.2, 0.25) is 0 Å². The van der Waals surface area contributed by atoms with E-state index in [-0.39, 0.29) is 10.8 Å². The number of Topliss-reactive ketones (excluding diaryl/α,β-unsaturated/α-hetero) is 1. The monoisotopic (exact) mass is 286 g/mol. The van der Waals surface area contributed by atoms with Crippen molar-refractivity contribution in [2.45, 2.75) is 66.2 Å². The summed E-state index contributed by atoms with van der Waals surface area (Å²) in [6, 6.07) is 0. The molecule has 3 aliphatic carbocycles. The molecule has 0 aliphatic heterocycles. The topological polar surface area (TPSA) is 17.1 Å². The maximum Gasteiger partial charge on any atom is 0.138 e. The molecule has 0 aromatic heterocycles. The Morgan fingerprint density at radius 3 is 2.62 bits per heavy atom. The molecule has 0 N–H and O–H groups in total. The molecule has 0 amide bonds. The normalized spacial score (nSPS) is 45.3. The Hall–Kier alpha value is -0.850. The lowest BCUT2D eigenvalue weighted by molar-refractivity contribution is -0.143. The Bertz CT molecular complexity index is 512. The summed E-state index contributed by atoms with van der Waals surface area (Å²) in [6.07, 6.45) is 11.3. The number of allylic oxidation sites excluding steroid dienone is 3. The summed E-state index contributed by atoms with van der Waals surface area (Å²) >= 11 is 0. The van der Waals surface area contributed by atoms with E-state index in [4.69, 9.17) is 0 Å². The van der Waals surface area contributed by atoms with E-state index in [0.717, 1.165) is 19.3 Å². The first-order valence-corrected chi connectivity index (χ1v) is 8.59. The molecule has 0 spiro atoms. The van der Waals surface area contributed by atoms with E-state index in [1.807, 2.05) is 0 Å². The van der Waals surface area contributed by atoms with Gasteiger partial charge in [0.05, 0.1) is 0 Å². The van der Waals surface area contributed by atoms with Gasteiger partial charge in [0.1, 0.15) is 5.78 Å². The van der Waals surface area contributed by atoms with Gasteiger partial charge in [-0.15, -0.1) is 6.58 Å². The Kier molecular flexibility index (Phi) is 3.28. The molecular weight excluding hydrogens is 256 g/mol. The van der Waals surface area contributed by atoms with Crippen molar-refractivity contribution in [3.05, 3.63) is 24.3 Å². The summed E-state index contributed by atoms with van der Waals surface area (Å²) in [7, 11) is 0. The van der Waals surface area contributed by atoms with Crippen LogP contribution in [-0.4, -0.2) is 5.78 Å². The van der Waals surface area contributed by atoms with E-state index in [1.54, 1.807) is 5.57 Å². The molecule has 0 saturated heterocycles. The minimum absolute atomic E-state index is 0.145. The predicted molar refractivity (Wildman–Crippen MR) is 88.0 cm³/mol. The van der Waals surface area contributed by atoms with Crippen LogP contribution < -0.4 is 0 Å². The summed E-state index contributed by atoms with van der Waals surface area (Å²) in [5.41, 5.74) is 2.12. The molecule has 2 saturated carbocycles. The first kappa shape index (κ1) is 15.1. The van der Waals surface area contributed by atoms with Gasteiger partial charge in [-0.1, -0.05) is 45.4 Å². The van der Waals surface area contributed by atoms with Crippen LogP contribution in [0, 0.1) is 28.1 Å². The maximum absolute atomic E-state index is 12.4. The summed E-state index contributed by atoms with van der Waals surface area (Å²) < 4.78 is 0. The lowest BCUT2D eigenvalue weighted by Gasteiger charge is -2.58. The molecular formula is C20H30O. The molecule has 3 aliphatic rings. The lowest BCUT2D eigenvalue weighted by Crippen LogP contribution is -2.53. The van der Waals surface area contributed by atoms with Gasteiger partial charge < -0.3 is 0 Å². The quantitative estimate of drug-likeness (QED) is 0.596. The zero-order valence-corrected chi connectivity index (χ0v) is 14.2. The van der Waals surface area contributed by atoms with Crippen LogP contribution in [0.3, 0.4) is 0 Å². The molecule has 4 atom stereocenters. The van der Waals surface area contributed by atoms with E-state index < -0.39 is 0 Å². The number of carbonyl (C=O) groups is 1. The SMILES string of the molecule is C=C[C@]1(C)CC[C@H]2C(=CC[C@H]3C(C)(C)C(=O)CC[C@]23C)C1. The van der Waals surface area contributed by atoms with Gasteiger partial charge in [-0.05, 0) is 54.8 Å².